The quantitative estimate of drug-likeness (QED) is 0.762. The van der Waals surface area contributed by atoms with Gasteiger partial charge in [0.1, 0.15) is 0 Å². The van der Waals surface area contributed by atoms with Gasteiger partial charge in [-0.3, -0.25) is 4.31 Å². The summed E-state index contributed by atoms with van der Waals surface area (Å²) in [5.74, 6) is 0. The molecule has 0 saturated carbocycles. The van der Waals surface area contributed by atoms with E-state index in [2.05, 4.69) is 54.6 Å². The number of hydrogen-bond donors (Lipinski definition) is 1. The van der Waals surface area contributed by atoms with Gasteiger partial charge in [0.05, 0.1) is 0 Å². The lowest BCUT2D eigenvalue weighted by molar-refractivity contribution is 0.703. The highest BCUT2D eigenvalue weighted by Gasteiger charge is 2.00. The van der Waals surface area contributed by atoms with Crippen molar-refractivity contribution >= 4 is 22.9 Å². The zero-order valence-corrected chi connectivity index (χ0v) is 9.48. The summed E-state index contributed by atoms with van der Waals surface area (Å²) in [5, 5.41) is 1.29. The Bertz CT molecular complexity index is 445. The van der Waals surface area contributed by atoms with Gasteiger partial charge in [-0.25, -0.2) is 0 Å². The molecule has 0 spiro atoms. The number of aromatic nitrogens is 1. The van der Waals surface area contributed by atoms with E-state index in [4.69, 9.17) is 0 Å². The highest BCUT2D eigenvalue weighted by molar-refractivity contribution is 7.97. The van der Waals surface area contributed by atoms with Crippen LogP contribution in [0, 0.1) is 6.92 Å². The Hall–Kier alpha value is -0.930. The first-order chi connectivity index (χ1) is 6.65. The van der Waals surface area contributed by atoms with Crippen LogP contribution in [0.2, 0.25) is 0 Å². The summed E-state index contributed by atoms with van der Waals surface area (Å²) in [5.41, 5.74) is 2.43. The van der Waals surface area contributed by atoms with Gasteiger partial charge in [-0.1, -0.05) is 0 Å². The van der Waals surface area contributed by atoms with Gasteiger partial charge in [0.2, 0.25) is 0 Å². The molecule has 0 aliphatic carbocycles. The second-order valence-corrected chi connectivity index (χ2v) is 4.99. The molecule has 0 amide bonds. The van der Waals surface area contributed by atoms with Gasteiger partial charge < -0.3 is 4.98 Å². The topological polar surface area (TPSA) is 19.0 Å². The van der Waals surface area contributed by atoms with Gasteiger partial charge in [0, 0.05) is 21.5 Å². The summed E-state index contributed by atoms with van der Waals surface area (Å²) in [4.78, 5) is 4.60. The Balaban J connectivity index is 2.40. The van der Waals surface area contributed by atoms with Gasteiger partial charge in [-0.2, -0.15) is 0 Å². The summed E-state index contributed by atoms with van der Waals surface area (Å²) in [6.45, 7) is 2.08. The standard InChI is InChI=1S/C11H14N2S/c1-8-6-9-7-10(14-13(2)3)4-5-11(9)12-8/h4-7,12H,1-3H3. The summed E-state index contributed by atoms with van der Waals surface area (Å²) in [6, 6.07) is 8.66. The molecule has 2 rings (SSSR count). The minimum atomic E-state index is 1.21. The van der Waals surface area contributed by atoms with Crippen molar-refractivity contribution in [3.8, 4) is 0 Å². The summed E-state index contributed by atoms with van der Waals surface area (Å²) in [7, 11) is 4.11. The predicted molar refractivity (Wildman–Crippen MR) is 62.6 cm³/mol. The van der Waals surface area contributed by atoms with Crippen LogP contribution in [0.15, 0.2) is 29.2 Å². The van der Waals surface area contributed by atoms with Crippen LogP contribution in [-0.2, 0) is 0 Å². The average Bonchev–Trinajstić information content (AvgIpc) is 2.42. The first-order valence-electron chi connectivity index (χ1n) is 4.60. The molecule has 0 saturated heterocycles. The van der Waals surface area contributed by atoms with Crippen molar-refractivity contribution in [2.45, 2.75) is 11.8 Å². The van der Waals surface area contributed by atoms with Gasteiger partial charge in [0.15, 0.2) is 0 Å². The molecule has 2 aromatic rings. The highest BCUT2D eigenvalue weighted by Crippen LogP contribution is 2.24. The first-order valence-corrected chi connectivity index (χ1v) is 5.37. The number of rotatable bonds is 2. The molecule has 1 N–H and O–H groups in total. The van der Waals surface area contributed by atoms with Crippen LogP contribution >= 0.6 is 11.9 Å². The molecule has 0 bridgehead atoms. The molecule has 1 aromatic carbocycles. The SMILES string of the molecule is Cc1cc2cc(SN(C)C)ccc2[nH]1. The van der Waals surface area contributed by atoms with Crippen LogP contribution in [0.5, 0.6) is 0 Å². The van der Waals surface area contributed by atoms with E-state index in [-0.39, 0.29) is 0 Å². The van der Waals surface area contributed by atoms with E-state index in [1.54, 1.807) is 11.9 Å². The summed E-state index contributed by atoms with van der Waals surface area (Å²) >= 11 is 1.74. The van der Waals surface area contributed by atoms with Crippen molar-refractivity contribution in [2.24, 2.45) is 0 Å². The second kappa shape index (κ2) is 3.67. The van der Waals surface area contributed by atoms with Crippen molar-refractivity contribution in [1.29, 1.82) is 0 Å². The van der Waals surface area contributed by atoms with Crippen LogP contribution in [-0.4, -0.2) is 23.4 Å². The molecule has 14 heavy (non-hydrogen) atoms. The summed E-state index contributed by atoms with van der Waals surface area (Å²) < 4.78 is 2.10. The molecule has 2 nitrogen and oxygen atoms in total. The second-order valence-electron chi connectivity index (χ2n) is 3.61. The molecule has 3 heteroatoms. The third kappa shape index (κ3) is 1.94. The molecule has 0 aliphatic heterocycles. The Kier molecular flexibility index (Phi) is 2.52. The maximum absolute atomic E-state index is 3.32. The third-order valence-electron chi connectivity index (χ3n) is 2.01. The molecule has 0 radical (unpaired) electrons. The minimum Gasteiger partial charge on any atom is -0.359 e. The Morgan fingerprint density at radius 3 is 2.71 bits per heavy atom. The molecular formula is C11H14N2S. The monoisotopic (exact) mass is 206 g/mol. The highest BCUT2D eigenvalue weighted by atomic mass is 32.2. The van der Waals surface area contributed by atoms with Crippen LogP contribution in [0.1, 0.15) is 5.69 Å². The van der Waals surface area contributed by atoms with Crippen LogP contribution in [0.4, 0.5) is 0 Å². The maximum atomic E-state index is 3.32. The zero-order chi connectivity index (χ0) is 10.1. The zero-order valence-electron chi connectivity index (χ0n) is 8.66. The van der Waals surface area contributed by atoms with Crippen molar-refractivity contribution in [3.05, 3.63) is 30.0 Å². The van der Waals surface area contributed by atoms with Crippen molar-refractivity contribution in [2.75, 3.05) is 14.1 Å². The number of benzene rings is 1. The fourth-order valence-electron chi connectivity index (χ4n) is 1.52. The molecule has 0 unspecified atom stereocenters. The third-order valence-corrected chi connectivity index (χ3v) is 2.84. The van der Waals surface area contributed by atoms with E-state index >= 15 is 0 Å². The number of nitrogens with one attached hydrogen (secondary N) is 1. The van der Waals surface area contributed by atoms with Gasteiger partial charge >= 0.3 is 0 Å². The van der Waals surface area contributed by atoms with Crippen LogP contribution in [0.25, 0.3) is 10.9 Å². The van der Waals surface area contributed by atoms with Crippen molar-refractivity contribution in [1.82, 2.24) is 9.29 Å². The largest absolute Gasteiger partial charge is 0.359 e. The number of nitrogens with zero attached hydrogens (tertiary/aromatic N) is 1. The Morgan fingerprint density at radius 2 is 2.00 bits per heavy atom. The van der Waals surface area contributed by atoms with E-state index in [0.29, 0.717) is 0 Å². The summed E-state index contributed by atoms with van der Waals surface area (Å²) in [6.07, 6.45) is 0. The van der Waals surface area contributed by atoms with Crippen LogP contribution in [0.3, 0.4) is 0 Å². The lowest BCUT2D eigenvalue weighted by Crippen LogP contribution is -1.98. The lowest BCUT2D eigenvalue weighted by Gasteiger charge is -2.07. The lowest BCUT2D eigenvalue weighted by atomic mass is 10.2. The fourth-order valence-corrected chi connectivity index (χ4v) is 2.25. The number of aryl methyl sites for hydroxylation is 1. The Labute approximate surface area is 88.4 Å². The number of aromatic amines is 1. The molecule has 1 heterocycles. The van der Waals surface area contributed by atoms with E-state index in [1.165, 1.54) is 21.5 Å². The smallest absolute Gasteiger partial charge is 0.0456 e. The fraction of sp³-hybridized carbons (Fsp3) is 0.273. The molecular weight excluding hydrogens is 192 g/mol. The molecule has 0 fully saturated rings. The molecule has 1 aromatic heterocycles. The minimum absolute atomic E-state index is 1.21. The van der Waals surface area contributed by atoms with Crippen molar-refractivity contribution in [3.63, 3.8) is 0 Å². The van der Waals surface area contributed by atoms with Crippen LogP contribution < -0.4 is 0 Å². The first kappa shape index (κ1) is 9.62. The molecule has 0 atom stereocenters. The number of H-pyrrole nitrogens is 1. The Morgan fingerprint density at radius 1 is 1.21 bits per heavy atom. The van der Waals surface area contributed by atoms with E-state index in [1.807, 2.05) is 0 Å². The van der Waals surface area contributed by atoms with Gasteiger partial charge in [0.25, 0.3) is 0 Å². The van der Waals surface area contributed by atoms with Crippen molar-refractivity contribution < 1.29 is 0 Å². The van der Waals surface area contributed by atoms with Gasteiger partial charge in [-0.05, 0) is 57.2 Å². The number of fused-ring (bicyclic) bond motifs is 1. The predicted octanol–water partition coefficient (Wildman–Crippen LogP) is 3.05. The van der Waals surface area contributed by atoms with E-state index in [0.717, 1.165) is 0 Å². The molecule has 74 valence electrons. The normalized spacial score (nSPS) is 11.4. The number of hydrogen-bond acceptors (Lipinski definition) is 2. The van der Waals surface area contributed by atoms with E-state index in [9.17, 15) is 0 Å². The molecule has 0 aliphatic rings. The van der Waals surface area contributed by atoms with Gasteiger partial charge in [-0.15, -0.1) is 0 Å². The average molecular weight is 206 g/mol. The maximum Gasteiger partial charge on any atom is 0.0456 e. The van der Waals surface area contributed by atoms with E-state index < -0.39 is 0 Å².